The molecule has 2 fully saturated rings. The Morgan fingerprint density at radius 3 is 2.27 bits per heavy atom. The Hall–Kier alpha value is -3.27. The molecule has 11 atom stereocenters. The summed E-state index contributed by atoms with van der Waals surface area (Å²) in [5.74, 6) is -3.19. The monoisotopic (exact) mass is 683 g/mol. The van der Waals surface area contributed by atoms with Gasteiger partial charge in [0, 0.05) is 42.0 Å². The van der Waals surface area contributed by atoms with Crippen LogP contribution in [-0.4, -0.2) is 119 Å². The Morgan fingerprint density at radius 1 is 0.959 bits per heavy atom. The van der Waals surface area contributed by atoms with E-state index in [0.717, 1.165) is 0 Å². The largest absolute Gasteiger partial charge is 0.507 e. The van der Waals surface area contributed by atoms with E-state index in [0.29, 0.717) is 17.5 Å². The second kappa shape index (κ2) is 13.5. The summed E-state index contributed by atoms with van der Waals surface area (Å²) in [5.41, 5.74) is -0.799. The number of methoxy groups -OCH3 is 1. The molecule has 2 saturated heterocycles. The van der Waals surface area contributed by atoms with Crippen LogP contribution in [0.15, 0.2) is 30.3 Å². The number of nitrogens with zero attached hydrogens (tertiary/aromatic N) is 1. The number of aliphatic hydroxyl groups excluding tert-OH is 2. The minimum absolute atomic E-state index is 0.0339. The molecule has 0 bridgehead atoms. The first kappa shape index (κ1) is 35.6. The molecular weight excluding hydrogens is 638 g/mol. The molecule has 13 nitrogen and oxygen atoms in total. The van der Waals surface area contributed by atoms with Crippen LogP contribution < -0.4 is 0 Å². The van der Waals surface area contributed by atoms with Gasteiger partial charge in [0.1, 0.15) is 23.9 Å². The molecule has 4 aliphatic rings. The fourth-order valence-corrected chi connectivity index (χ4v) is 7.84. The fourth-order valence-electron chi connectivity index (χ4n) is 7.84. The maximum atomic E-state index is 13.8. The lowest BCUT2D eigenvalue weighted by molar-refractivity contribution is -0.310. The number of aliphatic hydroxyl groups is 3. The van der Waals surface area contributed by atoms with Crippen LogP contribution in [0.5, 0.6) is 5.75 Å². The Balaban J connectivity index is 1.34. The predicted octanol–water partition coefficient (Wildman–Crippen LogP) is 2.33. The highest BCUT2D eigenvalue weighted by atomic mass is 16.7. The number of rotatable bonds is 7. The van der Waals surface area contributed by atoms with Crippen molar-refractivity contribution in [2.45, 2.75) is 113 Å². The quantitative estimate of drug-likeness (QED) is 0.267. The molecule has 2 aromatic rings. The van der Waals surface area contributed by atoms with Gasteiger partial charge in [-0.3, -0.25) is 14.4 Å². The molecular formula is C36H45NO12. The highest BCUT2D eigenvalue weighted by molar-refractivity contribution is 6.29. The van der Waals surface area contributed by atoms with Crippen molar-refractivity contribution in [3.63, 3.8) is 0 Å². The van der Waals surface area contributed by atoms with Gasteiger partial charge in [-0.15, -0.1) is 0 Å². The summed E-state index contributed by atoms with van der Waals surface area (Å²) in [4.78, 5) is 42.7. The molecule has 2 heterocycles. The number of likely N-dealkylation sites (N-methyl/N-ethyl adjacent to an activating group) is 1. The van der Waals surface area contributed by atoms with Crippen LogP contribution in [-0.2, 0) is 28.5 Å². The van der Waals surface area contributed by atoms with E-state index in [-0.39, 0.29) is 53.3 Å². The molecule has 0 amide bonds. The minimum atomic E-state index is -1.62. The molecule has 2 aliphatic heterocycles. The maximum Gasteiger partial charge on any atom is 0.316 e. The van der Waals surface area contributed by atoms with Crippen LogP contribution in [0.2, 0.25) is 0 Å². The summed E-state index contributed by atoms with van der Waals surface area (Å²) >= 11 is 0. The fraction of sp³-hybridized carbons (Fsp3) is 0.583. The van der Waals surface area contributed by atoms with Crippen molar-refractivity contribution in [2.75, 3.05) is 21.2 Å². The van der Waals surface area contributed by atoms with Crippen LogP contribution >= 0.6 is 0 Å². The van der Waals surface area contributed by atoms with Crippen LogP contribution in [0.25, 0.3) is 0 Å². The molecule has 2 aromatic carbocycles. The SMILES string of the molecule is CCC1(O)CC(OC2CC(N(C)C)C(OC3CC(O)C(O)C(C)O3)C(C)O2)c2cc3c(cc2C1C(=O)OC)C(=O)c1cccc(O)c1C3=O. The topological polar surface area (TPSA) is 182 Å². The summed E-state index contributed by atoms with van der Waals surface area (Å²) in [7, 11) is 5.02. The summed E-state index contributed by atoms with van der Waals surface area (Å²) in [5, 5.41) is 43.0. The van der Waals surface area contributed by atoms with Crippen LogP contribution in [0.1, 0.15) is 101 Å². The zero-order valence-electron chi connectivity index (χ0n) is 28.5. The zero-order chi connectivity index (χ0) is 35.5. The van der Waals surface area contributed by atoms with Crippen molar-refractivity contribution in [1.82, 2.24) is 4.90 Å². The number of carbonyl (C=O) groups is 3. The van der Waals surface area contributed by atoms with E-state index in [9.17, 15) is 34.8 Å². The van der Waals surface area contributed by atoms with E-state index in [1.165, 1.54) is 37.4 Å². The highest BCUT2D eigenvalue weighted by Gasteiger charge is 2.52. The third-order valence-electron chi connectivity index (χ3n) is 10.6. The first-order valence-corrected chi connectivity index (χ1v) is 16.7. The van der Waals surface area contributed by atoms with Crippen molar-refractivity contribution >= 4 is 17.5 Å². The van der Waals surface area contributed by atoms with Crippen molar-refractivity contribution in [2.24, 2.45) is 0 Å². The lowest BCUT2D eigenvalue weighted by atomic mass is 9.67. The molecule has 0 aromatic heterocycles. The average molecular weight is 684 g/mol. The summed E-state index contributed by atoms with van der Waals surface area (Å²) < 4.78 is 30.3. The van der Waals surface area contributed by atoms with Crippen LogP contribution in [0, 0.1) is 0 Å². The van der Waals surface area contributed by atoms with Crippen molar-refractivity contribution < 1.29 is 58.5 Å². The lowest BCUT2D eigenvalue weighted by Crippen LogP contribution is -2.57. The first-order valence-electron chi connectivity index (χ1n) is 16.7. The Kier molecular flexibility index (Phi) is 9.76. The summed E-state index contributed by atoms with van der Waals surface area (Å²) in [6.45, 7) is 5.25. The number of aromatic hydroxyl groups is 1. The number of carbonyl (C=O) groups excluding carboxylic acids is 3. The number of hydrogen-bond acceptors (Lipinski definition) is 13. The number of fused-ring (bicyclic) bond motifs is 3. The van der Waals surface area contributed by atoms with Gasteiger partial charge >= 0.3 is 5.97 Å². The second-order valence-electron chi connectivity index (χ2n) is 13.8. The minimum Gasteiger partial charge on any atom is -0.507 e. The van der Waals surface area contributed by atoms with Gasteiger partial charge in [-0.1, -0.05) is 19.1 Å². The standard InChI is InChI=1S/C36H45NO12/c1-7-36(44)15-26(48-27-13-23(37(4)5)34(17(3)47-27)49-28-14-25(39)31(40)16(2)46-28)19-11-22-21(12-20(19)30(36)35(43)45-6)32(41)18-9-8-10-24(38)29(18)33(22)42/h8-12,16-17,23,25-28,30-31,34,38-40,44H,7,13-15H2,1-6H3. The van der Waals surface area contributed by atoms with Gasteiger partial charge in [-0.05, 0) is 63.7 Å². The molecule has 4 N–H and O–H groups in total. The van der Waals surface area contributed by atoms with E-state index in [1.807, 2.05) is 25.9 Å². The zero-order valence-corrected chi connectivity index (χ0v) is 28.5. The molecule has 266 valence electrons. The van der Waals surface area contributed by atoms with E-state index in [1.54, 1.807) is 13.8 Å². The third-order valence-corrected chi connectivity index (χ3v) is 10.6. The van der Waals surface area contributed by atoms with Gasteiger partial charge in [0.05, 0.1) is 42.7 Å². The van der Waals surface area contributed by atoms with Crippen molar-refractivity contribution in [3.8, 4) is 5.75 Å². The Labute approximate surface area is 284 Å². The van der Waals surface area contributed by atoms with Crippen LogP contribution in [0.3, 0.4) is 0 Å². The van der Waals surface area contributed by atoms with Gasteiger partial charge in [0.15, 0.2) is 24.1 Å². The number of ketones is 2. The molecule has 2 aliphatic carbocycles. The Bertz CT molecular complexity index is 1620. The molecule has 0 saturated carbocycles. The van der Waals surface area contributed by atoms with E-state index in [4.69, 9.17) is 23.7 Å². The predicted molar refractivity (Wildman–Crippen MR) is 172 cm³/mol. The second-order valence-corrected chi connectivity index (χ2v) is 13.8. The molecule has 49 heavy (non-hydrogen) atoms. The molecule has 6 rings (SSSR count). The lowest BCUT2D eigenvalue weighted by Gasteiger charge is -2.47. The number of phenols is 1. The van der Waals surface area contributed by atoms with Gasteiger partial charge in [0.2, 0.25) is 0 Å². The van der Waals surface area contributed by atoms with Gasteiger partial charge in [-0.2, -0.15) is 0 Å². The number of phenolic OH excluding ortho intramolecular Hbond substituents is 1. The first-order chi connectivity index (χ1) is 23.2. The van der Waals surface area contributed by atoms with E-state index in [2.05, 4.69) is 0 Å². The number of benzene rings is 2. The van der Waals surface area contributed by atoms with Gasteiger partial charge < -0.3 is 49.0 Å². The van der Waals surface area contributed by atoms with Gasteiger partial charge in [0.25, 0.3) is 0 Å². The summed E-state index contributed by atoms with van der Waals surface area (Å²) in [6, 6.07) is 7.06. The van der Waals surface area contributed by atoms with Crippen LogP contribution in [0.4, 0.5) is 0 Å². The highest BCUT2D eigenvalue weighted by Crippen LogP contribution is 2.50. The Morgan fingerprint density at radius 2 is 1.61 bits per heavy atom. The van der Waals surface area contributed by atoms with Crippen molar-refractivity contribution in [3.05, 3.63) is 63.7 Å². The average Bonchev–Trinajstić information content (AvgIpc) is 3.06. The molecule has 0 spiro atoms. The van der Waals surface area contributed by atoms with E-state index >= 15 is 0 Å². The molecule has 0 radical (unpaired) electrons. The number of hydrogen-bond donors (Lipinski definition) is 4. The van der Waals surface area contributed by atoms with Crippen molar-refractivity contribution in [1.29, 1.82) is 0 Å². The number of ether oxygens (including phenoxy) is 5. The smallest absolute Gasteiger partial charge is 0.316 e. The third kappa shape index (κ3) is 6.20. The van der Waals surface area contributed by atoms with Gasteiger partial charge in [-0.25, -0.2) is 0 Å². The normalized spacial score (nSPS) is 35.8. The molecule has 11 unspecified atom stereocenters. The van der Waals surface area contributed by atoms with E-state index < -0.39 is 78.3 Å². The number of esters is 1. The maximum absolute atomic E-state index is 13.8. The molecule has 13 heteroatoms. The summed E-state index contributed by atoms with van der Waals surface area (Å²) in [6.07, 6.45) is -5.53.